The Balaban J connectivity index is 0.000000313. The van der Waals surface area contributed by atoms with E-state index in [4.69, 9.17) is 0 Å². The van der Waals surface area contributed by atoms with Crippen molar-refractivity contribution < 1.29 is 27.5 Å². The van der Waals surface area contributed by atoms with Gasteiger partial charge in [-0.15, -0.1) is 0 Å². The van der Waals surface area contributed by atoms with Crippen LogP contribution >= 0.6 is 0 Å². The van der Waals surface area contributed by atoms with E-state index in [0.29, 0.717) is 25.6 Å². The van der Waals surface area contributed by atoms with Gasteiger partial charge in [0, 0.05) is 18.5 Å². The molecule has 2 amide bonds. The number of hydrogen-bond acceptors (Lipinski definition) is 5. The predicted molar refractivity (Wildman–Crippen MR) is 140 cm³/mol. The first-order chi connectivity index (χ1) is 17.8. The number of halogens is 3. The van der Waals surface area contributed by atoms with Crippen molar-refractivity contribution in [2.24, 2.45) is 17.6 Å². The molecule has 1 atom stereocenters. The van der Waals surface area contributed by atoms with Crippen LogP contribution in [-0.2, 0) is 9.53 Å². The lowest BCUT2D eigenvalue weighted by Crippen LogP contribution is -2.36. The number of allylic oxidation sites excluding steroid dienone is 5. The van der Waals surface area contributed by atoms with Gasteiger partial charge >= 0.3 is 6.09 Å². The first kappa shape index (κ1) is 32.1. The normalized spacial score (nSPS) is 23.6. The fraction of sp³-hybridized carbons (Fsp3) is 0.500. The smallest absolute Gasteiger partial charge is 0.416 e. The third-order valence-electron chi connectivity index (χ3n) is 6.30. The molecule has 1 aliphatic carbocycles. The fourth-order valence-electron chi connectivity index (χ4n) is 4.32. The van der Waals surface area contributed by atoms with E-state index in [-0.39, 0.29) is 11.7 Å². The van der Waals surface area contributed by atoms with Crippen LogP contribution in [0.4, 0.5) is 18.0 Å². The minimum Gasteiger partial charge on any atom is -0.447 e. The van der Waals surface area contributed by atoms with Gasteiger partial charge in [0.25, 0.3) is 0 Å². The molecule has 1 aromatic rings. The summed E-state index contributed by atoms with van der Waals surface area (Å²) in [5.74, 6) is -0.560. The molecule has 2 heterocycles. The highest BCUT2D eigenvalue weighted by Gasteiger charge is 2.30. The van der Waals surface area contributed by atoms with Gasteiger partial charge in [0.2, 0.25) is 6.41 Å². The van der Waals surface area contributed by atoms with Gasteiger partial charge in [-0.3, -0.25) is 4.79 Å². The number of imide groups is 1. The van der Waals surface area contributed by atoms with E-state index in [1.165, 1.54) is 38.7 Å². The molecular weight excluding hydrogens is 483 g/mol. The van der Waals surface area contributed by atoms with Crippen molar-refractivity contribution in [3.05, 3.63) is 72.6 Å². The average Bonchev–Trinajstić information content (AvgIpc) is 3.55. The summed E-state index contributed by atoms with van der Waals surface area (Å²) < 4.78 is 42.2. The first-order valence-corrected chi connectivity index (χ1v) is 12.6. The molecule has 0 aromatic heterocycles. The minimum atomic E-state index is -0.799. The van der Waals surface area contributed by atoms with Crippen molar-refractivity contribution in [1.29, 1.82) is 0 Å². The summed E-state index contributed by atoms with van der Waals surface area (Å²) in [5, 5.41) is 0. The molecule has 0 bridgehead atoms. The lowest BCUT2D eigenvalue weighted by Gasteiger charge is -2.34. The Bertz CT molecular complexity index is 865. The SMILES string of the molecule is C=C/C=C\C=C(/F)C1CCC(N2CCC(C)C2)CC1.CN.Fc1ccccc1F.O=CN1CCOC1=O. The van der Waals surface area contributed by atoms with Crippen LogP contribution < -0.4 is 5.73 Å². The van der Waals surface area contributed by atoms with Gasteiger partial charge in [-0.05, 0) is 69.8 Å². The van der Waals surface area contributed by atoms with Crippen LogP contribution in [0.25, 0.3) is 0 Å². The van der Waals surface area contributed by atoms with Crippen molar-refractivity contribution in [2.75, 3.05) is 33.3 Å². The largest absolute Gasteiger partial charge is 0.447 e. The van der Waals surface area contributed by atoms with Crippen LogP contribution in [0, 0.1) is 23.5 Å². The van der Waals surface area contributed by atoms with Crippen molar-refractivity contribution >= 4 is 12.5 Å². The van der Waals surface area contributed by atoms with Gasteiger partial charge in [0.15, 0.2) is 11.6 Å². The maximum absolute atomic E-state index is 13.9. The molecule has 37 heavy (non-hydrogen) atoms. The molecule has 1 saturated carbocycles. The second-order valence-corrected chi connectivity index (χ2v) is 8.89. The summed E-state index contributed by atoms with van der Waals surface area (Å²) in [7, 11) is 1.50. The van der Waals surface area contributed by atoms with Crippen LogP contribution in [0.1, 0.15) is 39.0 Å². The third-order valence-corrected chi connectivity index (χ3v) is 6.30. The summed E-state index contributed by atoms with van der Waals surface area (Å²) in [5.41, 5.74) is 4.50. The Kier molecular flexibility index (Phi) is 15.9. The molecule has 6 nitrogen and oxygen atoms in total. The standard InChI is InChI=1S/C17H26FN.C6H4F2.C4H5NO3.CH5N/c1-3-4-5-6-17(18)15-7-9-16(10-8-15)19-12-11-14(2)13-19;7-5-3-1-2-4-6(5)8;6-3-5-1-2-8-4(5)7;1-2/h3-6,14-16H,1,7-13H2,2H3;1-4H;3H,1-2H2;2H2,1H3/b5-4-,17-6-;;;. The molecule has 1 unspecified atom stereocenters. The summed E-state index contributed by atoms with van der Waals surface area (Å²) in [4.78, 5) is 23.7. The maximum Gasteiger partial charge on any atom is 0.416 e. The van der Waals surface area contributed by atoms with E-state index in [2.05, 4.69) is 28.9 Å². The summed E-state index contributed by atoms with van der Waals surface area (Å²) in [6.45, 7) is 9.13. The zero-order chi connectivity index (χ0) is 27.6. The number of ether oxygens (including phenoxy) is 1. The number of hydrogen-bond donors (Lipinski definition) is 1. The van der Waals surface area contributed by atoms with E-state index in [1.807, 2.05) is 0 Å². The zero-order valence-electron chi connectivity index (χ0n) is 21.8. The molecule has 4 rings (SSSR count). The second kappa shape index (κ2) is 18.4. The van der Waals surface area contributed by atoms with Crippen LogP contribution in [0.3, 0.4) is 0 Å². The van der Waals surface area contributed by atoms with Gasteiger partial charge < -0.3 is 15.4 Å². The van der Waals surface area contributed by atoms with Crippen LogP contribution in [0.2, 0.25) is 0 Å². The molecular formula is C28H40F3N3O3. The highest BCUT2D eigenvalue weighted by atomic mass is 19.2. The Hall–Kier alpha value is -2.91. The van der Waals surface area contributed by atoms with Crippen molar-refractivity contribution in [2.45, 2.75) is 45.1 Å². The van der Waals surface area contributed by atoms with Crippen LogP contribution in [-0.4, -0.2) is 61.6 Å². The number of amides is 2. The van der Waals surface area contributed by atoms with E-state index >= 15 is 0 Å². The Morgan fingerprint density at radius 1 is 1.05 bits per heavy atom. The second-order valence-electron chi connectivity index (χ2n) is 8.89. The molecule has 0 spiro atoms. The van der Waals surface area contributed by atoms with E-state index < -0.39 is 17.7 Å². The lowest BCUT2D eigenvalue weighted by atomic mass is 9.84. The van der Waals surface area contributed by atoms with Crippen LogP contribution in [0.5, 0.6) is 0 Å². The van der Waals surface area contributed by atoms with E-state index in [9.17, 15) is 22.8 Å². The molecule has 206 valence electrons. The number of nitrogens with two attached hydrogens (primary N) is 1. The van der Waals surface area contributed by atoms with Crippen molar-refractivity contribution in [1.82, 2.24) is 9.80 Å². The van der Waals surface area contributed by atoms with Gasteiger partial charge in [-0.25, -0.2) is 22.9 Å². The van der Waals surface area contributed by atoms with Gasteiger partial charge in [0.05, 0.1) is 6.54 Å². The number of nitrogens with zero attached hydrogens (tertiary/aromatic N) is 2. The number of carbonyl (C=O) groups excluding carboxylic acids is 2. The zero-order valence-corrected chi connectivity index (χ0v) is 21.8. The Morgan fingerprint density at radius 3 is 2.08 bits per heavy atom. The van der Waals surface area contributed by atoms with Gasteiger partial charge in [0.1, 0.15) is 12.4 Å². The quantitative estimate of drug-likeness (QED) is 0.401. The third kappa shape index (κ3) is 11.8. The first-order valence-electron chi connectivity index (χ1n) is 12.6. The van der Waals surface area contributed by atoms with Crippen molar-refractivity contribution in [3.63, 3.8) is 0 Å². The summed E-state index contributed by atoms with van der Waals surface area (Å²) in [6.07, 6.45) is 12.4. The molecule has 9 heteroatoms. The molecule has 2 saturated heterocycles. The number of likely N-dealkylation sites (tertiary alicyclic amines) is 1. The highest BCUT2D eigenvalue weighted by molar-refractivity contribution is 5.81. The Morgan fingerprint density at radius 2 is 1.68 bits per heavy atom. The fourth-order valence-corrected chi connectivity index (χ4v) is 4.32. The molecule has 2 aliphatic heterocycles. The average molecular weight is 524 g/mol. The monoisotopic (exact) mass is 523 g/mol. The summed E-state index contributed by atoms with van der Waals surface area (Å²) >= 11 is 0. The summed E-state index contributed by atoms with van der Waals surface area (Å²) in [6, 6.07) is 5.75. The molecule has 3 aliphatic rings. The van der Waals surface area contributed by atoms with Crippen LogP contribution in [0.15, 0.2) is 61.0 Å². The maximum atomic E-state index is 13.9. The number of benzene rings is 1. The highest BCUT2D eigenvalue weighted by Crippen LogP contribution is 2.34. The number of rotatable bonds is 5. The molecule has 2 N–H and O–H groups in total. The van der Waals surface area contributed by atoms with Crippen molar-refractivity contribution in [3.8, 4) is 0 Å². The molecule has 3 fully saturated rings. The van der Waals surface area contributed by atoms with E-state index in [1.54, 1.807) is 24.3 Å². The molecule has 1 aromatic carbocycles. The number of carbonyl (C=O) groups is 2. The Labute approximate surface area is 218 Å². The lowest BCUT2D eigenvalue weighted by molar-refractivity contribution is -0.115. The van der Waals surface area contributed by atoms with Gasteiger partial charge in [-0.2, -0.15) is 0 Å². The van der Waals surface area contributed by atoms with Gasteiger partial charge in [-0.1, -0.05) is 43.9 Å². The topological polar surface area (TPSA) is 75.9 Å². The minimum absolute atomic E-state index is 0.0475. The van der Waals surface area contributed by atoms with E-state index in [0.717, 1.165) is 48.6 Å². The molecule has 0 radical (unpaired) electrons. The predicted octanol–water partition coefficient (Wildman–Crippen LogP) is 5.62. The number of cyclic esters (lactones) is 1.